The van der Waals surface area contributed by atoms with Gasteiger partial charge in [0.1, 0.15) is 0 Å². The van der Waals surface area contributed by atoms with E-state index in [9.17, 15) is 18.0 Å². The summed E-state index contributed by atoms with van der Waals surface area (Å²) in [6.45, 7) is 6.77. The number of amides is 2. The molecule has 8 nitrogen and oxygen atoms in total. The van der Waals surface area contributed by atoms with Gasteiger partial charge >= 0.3 is 0 Å². The number of nitrogens with zero attached hydrogens (tertiary/aromatic N) is 2. The molecular weight excluding hydrogens is 382 g/mol. The Morgan fingerprint density at radius 2 is 1.79 bits per heavy atom. The zero-order chi connectivity index (χ0) is 20.1. The highest BCUT2D eigenvalue weighted by Crippen LogP contribution is 2.29. The summed E-state index contributed by atoms with van der Waals surface area (Å²) in [6, 6.07) is 4.05. The number of benzene rings is 1. The summed E-state index contributed by atoms with van der Waals surface area (Å²) in [6.07, 6.45) is 1.87. The minimum atomic E-state index is -3.74. The van der Waals surface area contributed by atoms with Crippen LogP contribution in [0.5, 0.6) is 0 Å². The lowest BCUT2D eigenvalue weighted by atomic mass is 10.1. The Labute approximate surface area is 164 Å². The third-order valence-electron chi connectivity index (χ3n) is 5.60. The molecule has 0 radical (unpaired) electrons. The first-order valence-corrected chi connectivity index (χ1v) is 11.1. The van der Waals surface area contributed by atoms with E-state index < -0.39 is 21.8 Å². The first kappa shape index (κ1) is 19.5. The molecule has 2 fully saturated rings. The van der Waals surface area contributed by atoms with E-state index in [0.29, 0.717) is 13.1 Å². The molecular formula is C19H25N3O5S. The highest BCUT2D eigenvalue weighted by atomic mass is 32.2. The number of sulfonamides is 1. The van der Waals surface area contributed by atoms with Gasteiger partial charge in [0.25, 0.3) is 11.8 Å². The van der Waals surface area contributed by atoms with Crippen molar-refractivity contribution in [3.63, 3.8) is 0 Å². The number of imide groups is 1. The zero-order valence-corrected chi connectivity index (χ0v) is 16.9. The van der Waals surface area contributed by atoms with Crippen molar-refractivity contribution in [3.05, 3.63) is 29.3 Å². The van der Waals surface area contributed by atoms with Crippen LogP contribution in [0.15, 0.2) is 23.1 Å². The molecule has 9 heteroatoms. The maximum atomic E-state index is 13.3. The van der Waals surface area contributed by atoms with Crippen molar-refractivity contribution in [2.45, 2.75) is 49.8 Å². The van der Waals surface area contributed by atoms with Crippen LogP contribution in [0.25, 0.3) is 0 Å². The Morgan fingerprint density at radius 3 is 2.50 bits per heavy atom. The Hall–Kier alpha value is -1.81. The molecule has 0 spiro atoms. The maximum absolute atomic E-state index is 13.3. The van der Waals surface area contributed by atoms with Crippen LogP contribution in [0, 0.1) is 0 Å². The van der Waals surface area contributed by atoms with Gasteiger partial charge in [-0.1, -0.05) is 0 Å². The predicted octanol–water partition coefficient (Wildman–Crippen LogP) is 0.833. The molecule has 1 N–H and O–H groups in total. The smallest absolute Gasteiger partial charge is 0.258 e. The Kier molecular flexibility index (Phi) is 5.03. The second-order valence-electron chi connectivity index (χ2n) is 7.88. The molecule has 1 aromatic rings. The van der Waals surface area contributed by atoms with Gasteiger partial charge in [-0.3, -0.25) is 19.8 Å². The average molecular weight is 407 g/mol. The van der Waals surface area contributed by atoms with Gasteiger partial charge in [-0.05, 0) is 44.9 Å². The summed E-state index contributed by atoms with van der Waals surface area (Å²) >= 11 is 0. The van der Waals surface area contributed by atoms with Crippen molar-refractivity contribution in [2.75, 3.05) is 26.2 Å². The number of rotatable bonds is 4. The lowest BCUT2D eigenvalue weighted by Gasteiger charge is -2.38. The summed E-state index contributed by atoms with van der Waals surface area (Å²) in [4.78, 5) is 25.9. The van der Waals surface area contributed by atoms with Gasteiger partial charge in [-0.15, -0.1) is 0 Å². The second kappa shape index (κ2) is 7.22. The first-order valence-electron chi connectivity index (χ1n) is 9.65. The zero-order valence-electron chi connectivity index (χ0n) is 16.1. The van der Waals surface area contributed by atoms with Crippen LogP contribution in [-0.2, 0) is 14.8 Å². The maximum Gasteiger partial charge on any atom is 0.258 e. The van der Waals surface area contributed by atoms with Crippen molar-refractivity contribution in [2.24, 2.45) is 0 Å². The highest BCUT2D eigenvalue weighted by Gasteiger charge is 2.38. The lowest BCUT2D eigenvalue weighted by Crippen LogP contribution is -2.50. The van der Waals surface area contributed by atoms with Crippen molar-refractivity contribution < 1.29 is 22.7 Å². The summed E-state index contributed by atoms with van der Waals surface area (Å²) < 4.78 is 33.9. The normalized spacial score (nSPS) is 29.1. The monoisotopic (exact) mass is 407 g/mol. The van der Waals surface area contributed by atoms with Crippen molar-refractivity contribution >= 4 is 21.8 Å². The summed E-state index contributed by atoms with van der Waals surface area (Å²) in [5, 5.41) is 2.20. The van der Waals surface area contributed by atoms with Crippen molar-refractivity contribution in [1.29, 1.82) is 0 Å². The van der Waals surface area contributed by atoms with Gasteiger partial charge in [0.15, 0.2) is 0 Å². The molecule has 2 saturated heterocycles. The van der Waals surface area contributed by atoms with Gasteiger partial charge in [-0.25, -0.2) is 8.42 Å². The van der Waals surface area contributed by atoms with Crippen molar-refractivity contribution in [3.8, 4) is 0 Å². The van der Waals surface area contributed by atoms with Gasteiger partial charge in [0, 0.05) is 32.2 Å². The minimum absolute atomic E-state index is 0.0618. The number of morpholine rings is 1. The van der Waals surface area contributed by atoms with Gasteiger partial charge in [-0.2, -0.15) is 4.31 Å². The molecule has 4 rings (SSSR count). The van der Waals surface area contributed by atoms with Crippen LogP contribution in [0.3, 0.4) is 0 Å². The average Bonchev–Trinajstić information content (AvgIpc) is 3.19. The van der Waals surface area contributed by atoms with Crippen molar-refractivity contribution in [1.82, 2.24) is 14.5 Å². The van der Waals surface area contributed by atoms with E-state index in [4.69, 9.17) is 4.74 Å². The summed E-state index contributed by atoms with van der Waals surface area (Å²) in [7, 11) is -3.74. The Balaban J connectivity index is 1.56. The van der Waals surface area contributed by atoms with Crippen LogP contribution in [-0.4, -0.2) is 73.9 Å². The Bertz CT molecular complexity index is 906. The van der Waals surface area contributed by atoms with E-state index in [2.05, 4.69) is 10.2 Å². The third-order valence-corrected chi connectivity index (χ3v) is 7.55. The van der Waals surface area contributed by atoms with E-state index in [1.807, 2.05) is 13.8 Å². The van der Waals surface area contributed by atoms with Gasteiger partial charge in [0.2, 0.25) is 10.0 Å². The molecule has 3 aliphatic heterocycles. The molecule has 28 heavy (non-hydrogen) atoms. The quantitative estimate of drug-likeness (QED) is 0.743. The molecule has 3 aliphatic rings. The number of fused-ring (bicyclic) bond motifs is 1. The van der Waals surface area contributed by atoms with E-state index >= 15 is 0 Å². The first-order chi connectivity index (χ1) is 13.3. The molecule has 0 bridgehead atoms. The molecule has 0 aromatic heterocycles. The number of hydrogen-bond acceptors (Lipinski definition) is 6. The second-order valence-corrected chi connectivity index (χ2v) is 9.77. The molecule has 3 unspecified atom stereocenters. The number of carbonyl (C=O) groups excluding carboxylic acids is 2. The fraction of sp³-hybridized carbons (Fsp3) is 0.579. The molecule has 1 aromatic carbocycles. The molecule has 152 valence electrons. The summed E-state index contributed by atoms with van der Waals surface area (Å²) in [5.74, 6) is -1.04. The van der Waals surface area contributed by atoms with Crippen LogP contribution >= 0.6 is 0 Å². The van der Waals surface area contributed by atoms with E-state index in [1.165, 1.54) is 18.2 Å². The fourth-order valence-electron chi connectivity index (χ4n) is 4.48. The molecule has 3 atom stereocenters. The predicted molar refractivity (Wildman–Crippen MR) is 102 cm³/mol. The SMILES string of the molecule is CC1CN(CC2CCCN2S(=O)(=O)c2ccc3c(c2)C(=O)NC3=O)CC(C)O1. The summed E-state index contributed by atoms with van der Waals surface area (Å²) in [5.41, 5.74) is 0.343. The topological polar surface area (TPSA) is 96.0 Å². The molecule has 0 aliphatic carbocycles. The molecule has 2 amide bonds. The van der Waals surface area contributed by atoms with Crippen LogP contribution in [0.1, 0.15) is 47.4 Å². The molecule has 3 heterocycles. The number of hydrogen-bond donors (Lipinski definition) is 1. The lowest BCUT2D eigenvalue weighted by molar-refractivity contribution is -0.0707. The molecule has 0 saturated carbocycles. The highest BCUT2D eigenvalue weighted by molar-refractivity contribution is 7.89. The largest absolute Gasteiger partial charge is 0.373 e. The van der Waals surface area contributed by atoms with E-state index in [0.717, 1.165) is 25.9 Å². The third kappa shape index (κ3) is 3.47. The minimum Gasteiger partial charge on any atom is -0.373 e. The van der Waals surface area contributed by atoms with E-state index in [1.54, 1.807) is 4.31 Å². The van der Waals surface area contributed by atoms with Gasteiger partial charge in [0.05, 0.1) is 28.2 Å². The van der Waals surface area contributed by atoms with E-state index in [-0.39, 0.29) is 34.3 Å². The number of carbonyl (C=O) groups is 2. The standard InChI is InChI=1S/C19H25N3O5S/c1-12-9-21(10-13(2)27-12)11-14-4-3-7-22(14)28(25,26)15-5-6-16-17(8-15)19(24)20-18(16)23/h5-6,8,12-14H,3-4,7,9-11H2,1-2H3,(H,20,23,24). The van der Waals surface area contributed by atoms with Crippen LogP contribution in [0.4, 0.5) is 0 Å². The number of nitrogens with one attached hydrogen (secondary N) is 1. The fourth-order valence-corrected chi connectivity index (χ4v) is 6.19. The van der Waals surface area contributed by atoms with Crippen LogP contribution < -0.4 is 5.32 Å². The number of ether oxygens (including phenoxy) is 1. The van der Waals surface area contributed by atoms with Crippen LogP contribution in [0.2, 0.25) is 0 Å². The Morgan fingerprint density at radius 1 is 1.11 bits per heavy atom. The van der Waals surface area contributed by atoms with Gasteiger partial charge < -0.3 is 4.74 Å².